The van der Waals surface area contributed by atoms with Crippen LogP contribution in [0.4, 0.5) is 0 Å². The molecule has 2 aromatic carbocycles. The molecule has 3 aromatic rings. The Bertz CT molecular complexity index is 975. The van der Waals surface area contributed by atoms with Crippen molar-refractivity contribution in [2.45, 2.75) is 26.2 Å². The highest BCUT2D eigenvalue weighted by molar-refractivity contribution is 5.84. The van der Waals surface area contributed by atoms with E-state index in [1.54, 1.807) is 7.11 Å². The number of para-hydroxylation sites is 1. The van der Waals surface area contributed by atoms with E-state index in [4.69, 9.17) is 4.74 Å². The number of fused-ring (bicyclic) bond motifs is 1. The molecule has 2 heterocycles. The van der Waals surface area contributed by atoms with Crippen LogP contribution in [0.15, 0.2) is 61.2 Å². The monoisotopic (exact) mass is 417 g/mol. The van der Waals surface area contributed by atoms with Gasteiger partial charge in [-0.25, -0.2) is 0 Å². The lowest BCUT2D eigenvalue weighted by molar-refractivity contribution is 0.155. The van der Waals surface area contributed by atoms with Crippen molar-refractivity contribution < 1.29 is 4.74 Å². The molecule has 1 aliphatic rings. The first-order valence-electron chi connectivity index (χ1n) is 11.5. The second-order valence-corrected chi connectivity index (χ2v) is 8.67. The van der Waals surface area contributed by atoms with Crippen LogP contribution < -0.4 is 4.74 Å². The molecule has 1 aromatic heterocycles. The number of nitrogens with zero attached hydrogens (tertiary/aromatic N) is 2. The molecule has 0 amide bonds. The summed E-state index contributed by atoms with van der Waals surface area (Å²) in [5.41, 5.74) is 4.76. The average Bonchev–Trinajstić information content (AvgIpc) is 3.25. The molecule has 1 unspecified atom stereocenters. The maximum atomic E-state index is 5.37. The summed E-state index contributed by atoms with van der Waals surface area (Å²) in [7, 11) is 1.73. The van der Waals surface area contributed by atoms with Crippen LogP contribution in [0.5, 0.6) is 5.75 Å². The van der Waals surface area contributed by atoms with Crippen LogP contribution in [0.2, 0.25) is 0 Å². The third kappa shape index (κ3) is 5.31. The minimum Gasteiger partial charge on any atom is -0.497 e. The van der Waals surface area contributed by atoms with Gasteiger partial charge in [0.2, 0.25) is 0 Å². The molecular weight excluding hydrogens is 382 g/mol. The summed E-state index contributed by atoms with van der Waals surface area (Å²) in [6, 6.07) is 19.1. The van der Waals surface area contributed by atoms with Crippen LogP contribution in [0.1, 0.15) is 31.0 Å². The van der Waals surface area contributed by atoms with E-state index in [-0.39, 0.29) is 0 Å². The first kappa shape index (κ1) is 21.5. The SMILES string of the molecule is C=C(c1cc2ccccc2[nH]1)N(CC)CC1CCCN(CCc2cccc(OC)c2)C1. The maximum Gasteiger partial charge on any atom is 0.119 e. The van der Waals surface area contributed by atoms with E-state index < -0.39 is 0 Å². The zero-order valence-corrected chi connectivity index (χ0v) is 18.9. The smallest absolute Gasteiger partial charge is 0.119 e. The summed E-state index contributed by atoms with van der Waals surface area (Å²) in [4.78, 5) is 8.62. The van der Waals surface area contributed by atoms with Gasteiger partial charge < -0.3 is 19.5 Å². The summed E-state index contributed by atoms with van der Waals surface area (Å²) in [5.74, 6) is 1.63. The van der Waals surface area contributed by atoms with E-state index >= 15 is 0 Å². The van der Waals surface area contributed by atoms with Gasteiger partial charge in [-0.2, -0.15) is 0 Å². The van der Waals surface area contributed by atoms with Gasteiger partial charge in [-0.05, 0) is 68.5 Å². The van der Waals surface area contributed by atoms with E-state index in [0.717, 1.165) is 43.2 Å². The number of benzene rings is 2. The van der Waals surface area contributed by atoms with Crippen LogP contribution in [-0.4, -0.2) is 54.6 Å². The largest absolute Gasteiger partial charge is 0.497 e. The highest BCUT2D eigenvalue weighted by Crippen LogP contribution is 2.25. The lowest BCUT2D eigenvalue weighted by atomic mass is 9.96. The lowest BCUT2D eigenvalue weighted by Gasteiger charge is -2.36. The molecule has 0 radical (unpaired) electrons. The maximum absolute atomic E-state index is 5.37. The molecule has 0 aliphatic carbocycles. The quantitative estimate of drug-likeness (QED) is 0.504. The van der Waals surface area contributed by atoms with Crippen LogP contribution in [0.3, 0.4) is 0 Å². The van der Waals surface area contributed by atoms with Gasteiger partial charge in [-0.3, -0.25) is 0 Å². The Morgan fingerprint density at radius 1 is 1.19 bits per heavy atom. The fourth-order valence-corrected chi connectivity index (χ4v) is 4.76. The molecule has 1 saturated heterocycles. The van der Waals surface area contributed by atoms with Crippen molar-refractivity contribution in [2.75, 3.05) is 39.8 Å². The number of rotatable bonds is 9. The van der Waals surface area contributed by atoms with E-state index in [2.05, 4.69) is 76.8 Å². The van der Waals surface area contributed by atoms with Gasteiger partial charge in [0.1, 0.15) is 5.75 Å². The van der Waals surface area contributed by atoms with Crippen LogP contribution in [0, 0.1) is 5.92 Å². The number of piperidine rings is 1. The number of methoxy groups -OCH3 is 1. The van der Waals surface area contributed by atoms with Crippen LogP contribution in [-0.2, 0) is 6.42 Å². The molecule has 1 atom stereocenters. The highest BCUT2D eigenvalue weighted by Gasteiger charge is 2.23. The fourth-order valence-electron chi connectivity index (χ4n) is 4.76. The predicted molar refractivity (Wildman–Crippen MR) is 130 cm³/mol. The Morgan fingerprint density at radius 2 is 2.06 bits per heavy atom. The van der Waals surface area contributed by atoms with Crippen molar-refractivity contribution in [2.24, 2.45) is 5.92 Å². The molecule has 0 saturated carbocycles. The Labute approximate surface area is 186 Å². The second-order valence-electron chi connectivity index (χ2n) is 8.67. The molecule has 1 fully saturated rings. The molecule has 1 aliphatic heterocycles. The van der Waals surface area contributed by atoms with Crippen molar-refractivity contribution in [3.05, 3.63) is 72.4 Å². The summed E-state index contributed by atoms with van der Waals surface area (Å²) >= 11 is 0. The third-order valence-electron chi connectivity index (χ3n) is 6.54. The fraction of sp³-hybridized carbons (Fsp3) is 0.407. The summed E-state index contributed by atoms with van der Waals surface area (Å²) in [6.45, 7) is 12.2. The Balaban J connectivity index is 1.34. The molecule has 0 bridgehead atoms. The number of hydrogen-bond acceptors (Lipinski definition) is 3. The number of hydrogen-bond donors (Lipinski definition) is 1. The summed E-state index contributed by atoms with van der Waals surface area (Å²) in [6.07, 6.45) is 3.65. The van der Waals surface area contributed by atoms with Gasteiger partial charge in [-0.15, -0.1) is 0 Å². The van der Waals surface area contributed by atoms with Crippen molar-refractivity contribution in [3.63, 3.8) is 0 Å². The number of H-pyrrole nitrogens is 1. The molecule has 1 N–H and O–H groups in total. The topological polar surface area (TPSA) is 31.5 Å². The van der Waals surface area contributed by atoms with Crippen molar-refractivity contribution in [3.8, 4) is 5.75 Å². The molecule has 4 rings (SSSR count). The van der Waals surface area contributed by atoms with Gasteiger partial charge in [0.05, 0.1) is 18.5 Å². The molecule has 4 heteroatoms. The summed E-state index contributed by atoms with van der Waals surface area (Å²) in [5, 5.41) is 1.25. The number of likely N-dealkylation sites (tertiary alicyclic amines) is 1. The Morgan fingerprint density at radius 3 is 2.87 bits per heavy atom. The van der Waals surface area contributed by atoms with Gasteiger partial charge in [-0.1, -0.05) is 36.9 Å². The number of ether oxygens (including phenoxy) is 1. The molecule has 4 nitrogen and oxygen atoms in total. The lowest BCUT2D eigenvalue weighted by Crippen LogP contribution is -2.41. The highest BCUT2D eigenvalue weighted by atomic mass is 16.5. The van der Waals surface area contributed by atoms with Gasteiger partial charge in [0.25, 0.3) is 0 Å². The van der Waals surface area contributed by atoms with Crippen LogP contribution in [0.25, 0.3) is 16.6 Å². The molecule has 164 valence electrons. The second kappa shape index (κ2) is 10.1. The Kier molecular flexibility index (Phi) is 6.98. The van der Waals surface area contributed by atoms with Gasteiger partial charge in [0, 0.05) is 37.1 Å². The molecule has 0 spiro atoms. The van der Waals surface area contributed by atoms with Gasteiger partial charge >= 0.3 is 0 Å². The zero-order chi connectivity index (χ0) is 21.6. The number of aromatic amines is 1. The average molecular weight is 418 g/mol. The number of nitrogens with one attached hydrogen (secondary N) is 1. The van der Waals surface area contributed by atoms with E-state index in [0.29, 0.717) is 5.92 Å². The third-order valence-corrected chi connectivity index (χ3v) is 6.54. The van der Waals surface area contributed by atoms with Crippen LogP contribution >= 0.6 is 0 Å². The van der Waals surface area contributed by atoms with E-state index in [1.165, 1.54) is 42.4 Å². The Hall–Kier alpha value is -2.72. The minimum atomic E-state index is 0.681. The zero-order valence-electron chi connectivity index (χ0n) is 18.9. The van der Waals surface area contributed by atoms with Crippen molar-refractivity contribution in [1.29, 1.82) is 0 Å². The minimum absolute atomic E-state index is 0.681. The first-order valence-corrected chi connectivity index (χ1v) is 11.5. The van der Waals surface area contributed by atoms with Crippen molar-refractivity contribution >= 4 is 16.6 Å². The normalized spacial score (nSPS) is 17.0. The first-order chi connectivity index (χ1) is 15.2. The molecular formula is C27H35N3O. The molecule has 31 heavy (non-hydrogen) atoms. The van der Waals surface area contributed by atoms with Crippen molar-refractivity contribution in [1.82, 2.24) is 14.8 Å². The van der Waals surface area contributed by atoms with E-state index in [9.17, 15) is 0 Å². The number of aromatic nitrogens is 1. The standard InChI is InChI=1S/C27H35N3O/c1-4-30(21(2)27-18-24-11-5-6-13-26(24)28-27)20-23-10-8-15-29(19-23)16-14-22-9-7-12-25(17-22)31-3/h5-7,9,11-13,17-18,23,28H,2,4,8,10,14-16,19-20H2,1,3H3. The predicted octanol–water partition coefficient (Wildman–Crippen LogP) is 5.42. The summed E-state index contributed by atoms with van der Waals surface area (Å²) < 4.78 is 5.37. The van der Waals surface area contributed by atoms with E-state index in [1.807, 2.05) is 6.07 Å². The van der Waals surface area contributed by atoms with Gasteiger partial charge in [0.15, 0.2) is 0 Å².